The van der Waals surface area contributed by atoms with Crippen molar-refractivity contribution in [2.24, 2.45) is 0 Å². The molecule has 2 amide bonds. The zero-order valence-electron chi connectivity index (χ0n) is 13.4. The summed E-state index contributed by atoms with van der Waals surface area (Å²) in [7, 11) is 0. The number of halogens is 3. The Morgan fingerprint density at radius 1 is 0.958 bits per heavy atom. The Hall–Kier alpha value is -2.50. The summed E-state index contributed by atoms with van der Waals surface area (Å²) >= 11 is 0. The number of carbonyl (C=O) groups is 1. The minimum atomic E-state index is -4.52. The molecule has 0 fully saturated rings. The SMILES string of the molecule is CC(C)(CNC(=O)Nc1ccccc1C(F)(F)F)c1ccccc1. The molecular formula is C18H19F3N2O. The molecule has 0 spiro atoms. The first-order valence-electron chi connectivity index (χ1n) is 7.47. The van der Waals surface area contributed by atoms with Crippen molar-refractivity contribution in [3.63, 3.8) is 0 Å². The third-order valence-corrected chi connectivity index (χ3v) is 3.73. The molecule has 2 aromatic carbocycles. The molecule has 3 nitrogen and oxygen atoms in total. The van der Waals surface area contributed by atoms with E-state index in [1.54, 1.807) is 0 Å². The molecule has 0 saturated heterocycles. The molecule has 0 aliphatic heterocycles. The van der Waals surface area contributed by atoms with Gasteiger partial charge in [-0.15, -0.1) is 0 Å². The van der Waals surface area contributed by atoms with Gasteiger partial charge in [0.1, 0.15) is 0 Å². The van der Waals surface area contributed by atoms with Crippen LogP contribution >= 0.6 is 0 Å². The second-order valence-corrected chi connectivity index (χ2v) is 6.10. The van der Waals surface area contributed by atoms with Crippen molar-refractivity contribution in [1.29, 1.82) is 0 Å². The molecule has 0 atom stereocenters. The number of benzene rings is 2. The lowest BCUT2D eigenvalue weighted by Crippen LogP contribution is -2.39. The third kappa shape index (κ3) is 4.50. The number of hydrogen-bond donors (Lipinski definition) is 2. The van der Waals surface area contributed by atoms with Crippen LogP contribution in [0.1, 0.15) is 25.0 Å². The number of rotatable bonds is 4. The summed E-state index contributed by atoms with van der Waals surface area (Å²) < 4.78 is 38.8. The fourth-order valence-electron chi connectivity index (χ4n) is 2.30. The highest BCUT2D eigenvalue weighted by atomic mass is 19.4. The first-order chi connectivity index (χ1) is 11.2. The molecule has 0 aliphatic rings. The number of carbonyl (C=O) groups excluding carboxylic acids is 1. The number of para-hydroxylation sites is 1. The molecule has 6 heteroatoms. The number of amides is 2. The van der Waals surface area contributed by atoms with E-state index in [1.165, 1.54) is 18.2 Å². The minimum absolute atomic E-state index is 0.264. The van der Waals surface area contributed by atoms with Crippen LogP contribution in [0.5, 0.6) is 0 Å². The fourth-order valence-corrected chi connectivity index (χ4v) is 2.30. The van der Waals surface area contributed by atoms with E-state index in [1.807, 2.05) is 44.2 Å². The Morgan fingerprint density at radius 2 is 1.54 bits per heavy atom. The van der Waals surface area contributed by atoms with Gasteiger partial charge in [-0.05, 0) is 17.7 Å². The van der Waals surface area contributed by atoms with Crippen molar-refractivity contribution in [2.75, 3.05) is 11.9 Å². The summed E-state index contributed by atoms with van der Waals surface area (Å²) in [5.41, 5.74) is -0.453. The van der Waals surface area contributed by atoms with Gasteiger partial charge in [-0.1, -0.05) is 56.3 Å². The predicted molar refractivity (Wildman–Crippen MR) is 87.9 cm³/mol. The monoisotopic (exact) mass is 336 g/mol. The van der Waals surface area contributed by atoms with Crippen LogP contribution in [0.25, 0.3) is 0 Å². The summed E-state index contributed by atoms with van der Waals surface area (Å²) in [6.45, 7) is 4.19. The van der Waals surface area contributed by atoms with E-state index in [4.69, 9.17) is 0 Å². The zero-order chi connectivity index (χ0) is 17.8. The topological polar surface area (TPSA) is 41.1 Å². The summed E-state index contributed by atoms with van der Waals surface area (Å²) in [5, 5.41) is 4.90. The molecule has 0 aliphatic carbocycles. The van der Waals surface area contributed by atoms with Gasteiger partial charge < -0.3 is 10.6 Å². The number of nitrogens with one attached hydrogen (secondary N) is 2. The first kappa shape index (κ1) is 17.8. The average molecular weight is 336 g/mol. The third-order valence-electron chi connectivity index (χ3n) is 3.73. The quantitative estimate of drug-likeness (QED) is 0.827. The Kier molecular flexibility index (Phi) is 5.17. The van der Waals surface area contributed by atoms with E-state index in [2.05, 4.69) is 10.6 Å². The van der Waals surface area contributed by atoms with Gasteiger partial charge >= 0.3 is 12.2 Å². The Morgan fingerprint density at radius 3 is 2.17 bits per heavy atom. The van der Waals surface area contributed by atoms with Gasteiger partial charge in [0.25, 0.3) is 0 Å². The smallest absolute Gasteiger partial charge is 0.337 e. The number of alkyl halides is 3. The molecule has 0 heterocycles. The van der Waals surface area contributed by atoms with Gasteiger partial charge in [-0.2, -0.15) is 13.2 Å². The van der Waals surface area contributed by atoms with Gasteiger partial charge in [-0.25, -0.2) is 4.79 Å². The second kappa shape index (κ2) is 6.95. The first-order valence-corrected chi connectivity index (χ1v) is 7.47. The van der Waals surface area contributed by atoms with Crippen molar-refractivity contribution in [3.05, 3.63) is 65.7 Å². The standard InChI is InChI=1S/C18H19F3N2O/c1-17(2,13-8-4-3-5-9-13)12-22-16(24)23-15-11-7-6-10-14(15)18(19,20)21/h3-11H,12H2,1-2H3,(H2,22,23,24). The summed E-state index contributed by atoms with van der Waals surface area (Å²) in [5.74, 6) is 0. The van der Waals surface area contributed by atoms with Crippen LogP contribution in [-0.2, 0) is 11.6 Å². The molecule has 0 saturated carbocycles. The van der Waals surface area contributed by atoms with Gasteiger partial charge in [0.15, 0.2) is 0 Å². The molecule has 2 rings (SSSR count). The lowest BCUT2D eigenvalue weighted by atomic mass is 9.85. The Bertz CT molecular complexity index is 697. The van der Waals surface area contributed by atoms with Crippen molar-refractivity contribution in [2.45, 2.75) is 25.4 Å². The van der Waals surface area contributed by atoms with Crippen LogP contribution in [0, 0.1) is 0 Å². The number of anilines is 1. The second-order valence-electron chi connectivity index (χ2n) is 6.10. The van der Waals surface area contributed by atoms with Gasteiger partial charge in [0.05, 0.1) is 11.3 Å². The molecular weight excluding hydrogens is 317 g/mol. The van der Waals surface area contributed by atoms with Crippen LogP contribution in [0.4, 0.5) is 23.7 Å². The van der Waals surface area contributed by atoms with Crippen molar-refractivity contribution >= 4 is 11.7 Å². The van der Waals surface area contributed by atoms with Gasteiger partial charge in [-0.3, -0.25) is 0 Å². The van der Waals surface area contributed by atoms with Crippen LogP contribution in [0.2, 0.25) is 0 Å². The minimum Gasteiger partial charge on any atom is -0.337 e. The van der Waals surface area contributed by atoms with E-state index >= 15 is 0 Å². The molecule has 24 heavy (non-hydrogen) atoms. The highest BCUT2D eigenvalue weighted by molar-refractivity contribution is 5.90. The van der Waals surface area contributed by atoms with Crippen molar-refractivity contribution in [3.8, 4) is 0 Å². The number of hydrogen-bond acceptors (Lipinski definition) is 1. The summed E-state index contributed by atoms with van der Waals surface area (Å²) in [6.07, 6.45) is -4.52. The molecule has 0 bridgehead atoms. The highest BCUT2D eigenvalue weighted by Gasteiger charge is 2.33. The van der Waals surface area contributed by atoms with Crippen LogP contribution in [0.3, 0.4) is 0 Å². The maximum absolute atomic E-state index is 12.9. The predicted octanol–water partition coefficient (Wildman–Crippen LogP) is 4.80. The lowest BCUT2D eigenvalue weighted by Gasteiger charge is -2.26. The Labute approximate surface area is 138 Å². The van der Waals surface area contributed by atoms with Crippen LogP contribution in [-0.4, -0.2) is 12.6 Å². The van der Waals surface area contributed by atoms with E-state index in [0.717, 1.165) is 11.6 Å². The number of urea groups is 1. The molecule has 128 valence electrons. The van der Waals surface area contributed by atoms with Crippen LogP contribution in [0.15, 0.2) is 54.6 Å². The maximum Gasteiger partial charge on any atom is 0.418 e. The Balaban J connectivity index is 2.02. The van der Waals surface area contributed by atoms with E-state index < -0.39 is 17.8 Å². The normalized spacial score (nSPS) is 11.9. The zero-order valence-corrected chi connectivity index (χ0v) is 13.4. The summed E-state index contributed by atoms with van der Waals surface area (Å²) in [6, 6.07) is 13.8. The summed E-state index contributed by atoms with van der Waals surface area (Å²) in [4.78, 5) is 12.0. The van der Waals surface area contributed by atoms with Crippen molar-refractivity contribution < 1.29 is 18.0 Å². The lowest BCUT2D eigenvalue weighted by molar-refractivity contribution is -0.136. The highest BCUT2D eigenvalue weighted by Crippen LogP contribution is 2.34. The van der Waals surface area contributed by atoms with Gasteiger partial charge in [0.2, 0.25) is 0 Å². The average Bonchev–Trinajstić information content (AvgIpc) is 2.53. The van der Waals surface area contributed by atoms with E-state index in [-0.39, 0.29) is 17.6 Å². The molecule has 2 N–H and O–H groups in total. The van der Waals surface area contributed by atoms with Gasteiger partial charge in [0, 0.05) is 12.0 Å². The maximum atomic E-state index is 12.9. The van der Waals surface area contributed by atoms with Crippen molar-refractivity contribution in [1.82, 2.24) is 5.32 Å². The molecule has 0 radical (unpaired) electrons. The van der Waals surface area contributed by atoms with Crippen LogP contribution < -0.4 is 10.6 Å². The largest absolute Gasteiger partial charge is 0.418 e. The molecule has 0 unspecified atom stereocenters. The van der Waals surface area contributed by atoms with E-state index in [9.17, 15) is 18.0 Å². The molecule has 2 aromatic rings. The van der Waals surface area contributed by atoms with E-state index in [0.29, 0.717) is 0 Å². The fraction of sp³-hybridized carbons (Fsp3) is 0.278. The molecule has 0 aromatic heterocycles.